The topological polar surface area (TPSA) is 49.8 Å². The summed E-state index contributed by atoms with van der Waals surface area (Å²) >= 11 is 5.85. The first-order chi connectivity index (χ1) is 6.97. The van der Waals surface area contributed by atoms with Crippen LogP contribution >= 0.6 is 11.6 Å². The number of benzene rings is 1. The van der Waals surface area contributed by atoms with E-state index in [1.165, 1.54) is 14.2 Å². The van der Waals surface area contributed by atoms with Gasteiger partial charge in [-0.3, -0.25) is 4.90 Å². The van der Waals surface area contributed by atoms with Crippen LogP contribution in [0.25, 0.3) is 0 Å². The molecule has 82 valence electrons. The van der Waals surface area contributed by atoms with Crippen molar-refractivity contribution in [2.45, 2.75) is 6.92 Å². The molecule has 1 aromatic rings. The van der Waals surface area contributed by atoms with Crippen LogP contribution in [0.2, 0.25) is 5.02 Å². The van der Waals surface area contributed by atoms with E-state index in [0.717, 1.165) is 10.5 Å². The van der Waals surface area contributed by atoms with Gasteiger partial charge in [0, 0.05) is 12.1 Å². The molecule has 0 saturated carbocycles. The van der Waals surface area contributed by atoms with Gasteiger partial charge in [0.05, 0.1) is 12.8 Å². The molecule has 1 rings (SSSR count). The van der Waals surface area contributed by atoms with Crippen LogP contribution in [-0.4, -0.2) is 25.4 Å². The van der Waals surface area contributed by atoms with Crippen LogP contribution in [0.4, 0.5) is 10.5 Å². The number of amides is 1. The number of methoxy groups -OCH3 is 1. The number of hydrogen-bond donors (Lipinski definition) is 1. The van der Waals surface area contributed by atoms with Gasteiger partial charge in [0.15, 0.2) is 0 Å². The number of carboxylic acid groups (broad SMARTS) is 1. The molecule has 0 aliphatic heterocycles. The molecule has 0 heterocycles. The molecule has 0 aliphatic carbocycles. The molecule has 0 radical (unpaired) electrons. The van der Waals surface area contributed by atoms with E-state index in [4.69, 9.17) is 21.4 Å². The number of halogens is 1. The highest BCUT2D eigenvalue weighted by Crippen LogP contribution is 2.34. The minimum absolute atomic E-state index is 0.440. The Bertz CT molecular complexity index is 392. The van der Waals surface area contributed by atoms with Crippen molar-refractivity contribution in [1.29, 1.82) is 0 Å². The molecule has 15 heavy (non-hydrogen) atoms. The van der Waals surface area contributed by atoms with Crippen molar-refractivity contribution >= 4 is 23.4 Å². The lowest BCUT2D eigenvalue weighted by atomic mass is 10.2. The second-order valence-corrected chi connectivity index (χ2v) is 3.55. The van der Waals surface area contributed by atoms with Gasteiger partial charge < -0.3 is 9.84 Å². The van der Waals surface area contributed by atoms with Crippen LogP contribution in [0.1, 0.15) is 5.56 Å². The van der Waals surface area contributed by atoms with Crippen LogP contribution in [-0.2, 0) is 0 Å². The van der Waals surface area contributed by atoms with Crippen LogP contribution in [0, 0.1) is 6.92 Å². The summed E-state index contributed by atoms with van der Waals surface area (Å²) in [6.07, 6.45) is -1.06. The van der Waals surface area contributed by atoms with Gasteiger partial charge in [-0.1, -0.05) is 11.6 Å². The Hall–Kier alpha value is -1.42. The standard InChI is InChI=1S/C10H12ClNO3/c1-6-4-7(11)5-8(9(6)15-3)12(2)10(13)14/h4-5H,1-3H3,(H,13,14). The van der Waals surface area contributed by atoms with E-state index in [1.807, 2.05) is 6.92 Å². The fourth-order valence-electron chi connectivity index (χ4n) is 1.33. The molecule has 0 spiro atoms. The van der Waals surface area contributed by atoms with Crippen molar-refractivity contribution in [1.82, 2.24) is 0 Å². The Kier molecular flexibility index (Phi) is 3.42. The van der Waals surface area contributed by atoms with Gasteiger partial charge in [-0.2, -0.15) is 0 Å². The smallest absolute Gasteiger partial charge is 0.411 e. The second kappa shape index (κ2) is 4.40. The zero-order chi connectivity index (χ0) is 11.6. The predicted molar refractivity (Wildman–Crippen MR) is 59.2 cm³/mol. The van der Waals surface area contributed by atoms with Gasteiger partial charge in [0.2, 0.25) is 0 Å². The zero-order valence-electron chi connectivity index (χ0n) is 8.74. The Balaban J connectivity index is 3.32. The molecule has 0 aromatic heterocycles. The maximum Gasteiger partial charge on any atom is 0.411 e. The van der Waals surface area contributed by atoms with Crippen molar-refractivity contribution in [2.75, 3.05) is 19.1 Å². The molecule has 0 unspecified atom stereocenters. The van der Waals surface area contributed by atoms with Gasteiger partial charge in [0.25, 0.3) is 0 Å². The van der Waals surface area contributed by atoms with Crippen LogP contribution < -0.4 is 9.64 Å². The average molecular weight is 230 g/mol. The minimum atomic E-state index is -1.06. The monoisotopic (exact) mass is 229 g/mol. The number of hydrogen-bond acceptors (Lipinski definition) is 2. The Morgan fingerprint density at radius 3 is 2.60 bits per heavy atom. The third kappa shape index (κ3) is 2.33. The molecule has 5 heteroatoms. The number of nitrogens with zero attached hydrogens (tertiary/aromatic N) is 1. The highest BCUT2D eigenvalue weighted by molar-refractivity contribution is 6.31. The number of carbonyl (C=O) groups is 1. The highest BCUT2D eigenvalue weighted by atomic mass is 35.5. The summed E-state index contributed by atoms with van der Waals surface area (Å²) in [7, 11) is 2.94. The van der Waals surface area contributed by atoms with E-state index >= 15 is 0 Å². The van der Waals surface area contributed by atoms with Crippen molar-refractivity contribution < 1.29 is 14.6 Å². The molecule has 0 bridgehead atoms. The van der Waals surface area contributed by atoms with E-state index in [0.29, 0.717) is 16.5 Å². The summed E-state index contributed by atoms with van der Waals surface area (Å²) in [4.78, 5) is 11.9. The largest absolute Gasteiger partial charge is 0.494 e. The van der Waals surface area contributed by atoms with E-state index < -0.39 is 6.09 Å². The Morgan fingerprint density at radius 2 is 2.13 bits per heavy atom. The first-order valence-corrected chi connectivity index (χ1v) is 4.66. The van der Waals surface area contributed by atoms with Crippen molar-refractivity contribution in [2.24, 2.45) is 0 Å². The molecule has 1 aromatic carbocycles. The molecular formula is C10H12ClNO3. The fourth-order valence-corrected chi connectivity index (χ4v) is 1.60. The van der Waals surface area contributed by atoms with E-state index in [9.17, 15) is 4.79 Å². The van der Waals surface area contributed by atoms with Crippen molar-refractivity contribution in [3.05, 3.63) is 22.7 Å². The summed E-state index contributed by atoms with van der Waals surface area (Å²) in [6, 6.07) is 3.28. The lowest BCUT2D eigenvalue weighted by Crippen LogP contribution is -2.24. The zero-order valence-corrected chi connectivity index (χ0v) is 9.50. The second-order valence-electron chi connectivity index (χ2n) is 3.12. The SMILES string of the molecule is COc1c(C)cc(Cl)cc1N(C)C(=O)O. The molecule has 1 N–H and O–H groups in total. The minimum Gasteiger partial charge on any atom is -0.494 e. The first-order valence-electron chi connectivity index (χ1n) is 4.28. The van der Waals surface area contributed by atoms with Gasteiger partial charge in [-0.25, -0.2) is 4.79 Å². The fraction of sp³-hybridized carbons (Fsp3) is 0.300. The maximum absolute atomic E-state index is 10.8. The summed E-state index contributed by atoms with van der Waals surface area (Å²) in [6.45, 7) is 1.81. The van der Waals surface area contributed by atoms with Crippen LogP contribution in [0.15, 0.2) is 12.1 Å². The quantitative estimate of drug-likeness (QED) is 0.848. The van der Waals surface area contributed by atoms with E-state index in [-0.39, 0.29) is 0 Å². The number of aryl methyl sites for hydroxylation is 1. The lowest BCUT2D eigenvalue weighted by Gasteiger charge is -2.18. The number of ether oxygens (including phenoxy) is 1. The molecule has 0 fully saturated rings. The highest BCUT2D eigenvalue weighted by Gasteiger charge is 2.16. The summed E-state index contributed by atoms with van der Waals surface area (Å²) < 4.78 is 5.14. The Morgan fingerprint density at radius 1 is 1.53 bits per heavy atom. The van der Waals surface area contributed by atoms with Crippen molar-refractivity contribution in [3.63, 3.8) is 0 Å². The van der Waals surface area contributed by atoms with Crippen LogP contribution in [0.3, 0.4) is 0 Å². The normalized spacial score (nSPS) is 9.87. The number of rotatable bonds is 2. The maximum atomic E-state index is 10.8. The molecule has 1 amide bonds. The molecule has 0 atom stereocenters. The first kappa shape index (κ1) is 11.7. The Labute approximate surface area is 93.0 Å². The summed E-state index contributed by atoms with van der Waals surface area (Å²) in [5, 5.41) is 9.35. The summed E-state index contributed by atoms with van der Waals surface area (Å²) in [5.41, 5.74) is 1.24. The van der Waals surface area contributed by atoms with E-state index in [1.54, 1.807) is 12.1 Å². The predicted octanol–water partition coefficient (Wildman–Crippen LogP) is 2.77. The molecule has 4 nitrogen and oxygen atoms in total. The van der Waals surface area contributed by atoms with Gasteiger partial charge >= 0.3 is 6.09 Å². The molecular weight excluding hydrogens is 218 g/mol. The lowest BCUT2D eigenvalue weighted by molar-refractivity contribution is 0.203. The van der Waals surface area contributed by atoms with E-state index in [2.05, 4.69) is 0 Å². The third-order valence-corrected chi connectivity index (χ3v) is 2.29. The van der Waals surface area contributed by atoms with Crippen LogP contribution in [0.5, 0.6) is 5.75 Å². The third-order valence-electron chi connectivity index (χ3n) is 2.07. The average Bonchev–Trinajstić information content (AvgIpc) is 2.15. The van der Waals surface area contributed by atoms with Gasteiger partial charge in [-0.15, -0.1) is 0 Å². The molecule has 0 saturated heterocycles. The van der Waals surface area contributed by atoms with Crippen molar-refractivity contribution in [3.8, 4) is 5.75 Å². The van der Waals surface area contributed by atoms with Gasteiger partial charge in [0.1, 0.15) is 5.75 Å². The molecule has 0 aliphatic rings. The number of anilines is 1. The van der Waals surface area contributed by atoms with Gasteiger partial charge in [-0.05, 0) is 24.6 Å². The summed E-state index contributed by atoms with van der Waals surface area (Å²) in [5.74, 6) is 0.518.